The molecule has 0 atom stereocenters. The molecular formula is C11H14BrNO2S. The van der Waals surface area contributed by atoms with Crippen molar-refractivity contribution in [2.45, 2.75) is 0 Å². The molecule has 0 aliphatic carbocycles. The predicted octanol–water partition coefficient (Wildman–Crippen LogP) is 1.93. The van der Waals surface area contributed by atoms with Crippen LogP contribution < -0.4 is 4.90 Å². The van der Waals surface area contributed by atoms with Gasteiger partial charge in [-0.1, -0.05) is 15.9 Å². The average Bonchev–Trinajstić information content (AvgIpc) is 2.11. The first-order valence-corrected chi connectivity index (χ1v) is 7.97. The quantitative estimate of drug-likeness (QED) is 0.856. The first kappa shape index (κ1) is 11.9. The Morgan fingerprint density at radius 1 is 1.31 bits per heavy atom. The molecule has 1 heterocycles. The zero-order valence-corrected chi connectivity index (χ0v) is 11.5. The summed E-state index contributed by atoms with van der Waals surface area (Å²) < 4.78 is 23.3. The van der Waals surface area contributed by atoms with Crippen LogP contribution in [0.2, 0.25) is 0 Å². The molecule has 88 valence electrons. The minimum atomic E-state index is -2.83. The molecule has 1 saturated heterocycles. The van der Waals surface area contributed by atoms with Crippen LogP contribution in [-0.4, -0.2) is 33.5 Å². The Balaban J connectivity index is 1.91. The van der Waals surface area contributed by atoms with Gasteiger partial charge in [-0.05, 0) is 24.3 Å². The van der Waals surface area contributed by atoms with Crippen molar-refractivity contribution in [1.82, 2.24) is 0 Å². The molecule has 3 nitrogen and oxygen atoms in total. The maximum Gasteiger partial charge on any atom is 0.147 e. The fourth-order valence-electron chi connectivity index (χ4n) is 1.97. The van der Waals surface area contributed by atoms with Crippen molar-refractivity contribution >= 4 is 31.5 Å². The Labute approximate surface area is 105 Å². The molecule has 2 rings (SSSR count). The van der Waals surface area contributed by atoms with E-state index in [9.17, 15) is 8.42 Å². The molecule has 0 aromatic heterocycles. The Hall–Kier alpha value is -0.550. The fourth-order valence-corrected chi connectivity index (χ4v) is 3.30. The summed E-state index contributed by atoms with van der Waals surface area (Å²) in [7, 11) is -2.83. The van der Waals surface area contributed by atoms with Gasteiger partial charge in [0.25, 0.3) is 0 Å². The number of hydrogen-bond donors (Lipinski definition) is 0. The van der Waals surface area contributed by atoms with E-state index in [0.29, 0.717) is 11.7 Å². The van der Waals surface area contributed by atoms with Gasteiger partial charge in [0, 0.05) is 35.4 Å². The van der Waals surface area contributed by atoms with Crippen molar-refractivity contribution in [3.8, 4) is 0 Å². The van der Waals surface area contributed by atoms with E-state index in [1.807, 2.05) is 24.3 Å². The van der Waals surface area contributed by atoms with Gasteiger partial charge < -0.3 is 4.90 Å². The van der Waals surface area contributed by atoms with E-state index in [1.165, 1.54) is 6.26 Å². The zero-order chi connectivity index (χ0) is 11.8. The summed E-state index contributed by atoms with van der Waals surface area (Å²) in [5, 5.41) is 0. The summed E-state index contributed by atoms with van der Waals surface area (Å²) in [6.07, 6.45) is 1.30. The SMILES string of the molecule is CS(=O)(=O)CC1CN(c2ccc(Br)cc2)C1. The highest BCUT2D eigenvalue weighted by molar-refractivity contribution is 9.10. The van der Waals surface area contributed by atoms with Crippen LogP contribution in [0.4, 0.5) is 5.69 Å². The van der Waals surface area contributed by atoms with Gasteiger partial charge in [0.05, 0.1) is 5.75 Å². The maximum atomic E-state index is 11.1. The van der Waals surface area contributed by atoms with Gasteiger partial charge in [0.1, 0.15) is 9.84 Å². The number of halogens is 1. The van der Waals surface area contributed by atoms with Gasteiger partial charge in [-0.25, -0.2) is 8.42 Å². The largest absolute Gasteiger partial charge is 0.371 e. The maximum absolute atomic E-state index is 11.1. The number of hydrogen-bond acceptors (Lipinski definition) is 3. The molecule has 0 saturated carbocycles. The highest BCUT2D eigenvalue weighted by atomic mass is 79.9. The summed E-state index contributed by atoms with van der Waals surface area (Å²) >= 11 is 3.39. The third-order valence-corrected chi connectivity index (χ3v) is 4.29. The van der Waals surface area contributed by atoms with E-state index in [1.54, 1.807) is 0 Å². The van der Waals surface area contributed by atoms with Gasteiger partial charge in [-0.15, -0.1) is 0 Å². The van der Waals surface area contributed by atoms with Crippen molar-refractivity contribution in [2.24, 2.45) is 5.92 Å². The Kier molecular flexibility index (Phi) is 3.26. The van der Waals surface area contributed by atoms with Crippen molar-refractivity contribution < 1.29 is 8.42 Å². The highest BCUT2D eigenvalue weighted by Crippen LogP contribution is 2.26. The van der Waals surface area contributed by atoms with Crippen LogP contribution in [0, 0.1) is 5.92 Å². The number of rotatable bonds is 3. The molecule has 0 radical (unpaired) electrons. The van der Waals surface area contributed by atoms with Gasteiger partial charge in [-0.2, -0.15) is 0 Å². The molecule has 0 bridgehead atoms. The molecule has 0 N–H and O–H groups in total. The molecule has 1 fully saturated rings. The summed E-state index contributed by atoms with van der Waals surface area (Å²) in [6.45, 7) is 1.68. The monoisotopic (exact) mass is 303 g/mol. The molecule has 0 unspecified atom stereocenters. The normalized spacial score (nSPS) is 17.2. The second kappa shape index (κ2) is 4.37. The first-order chi connectivity index (χ1) is 7.44. The molecule has 0 spiro atoms. The van der Waals surface area contributed by atoms with Crippen molar-refractivity contribution in [1.29, 1.82) is 0 Å². The second-order valence-electron chi connectivity index (χ2n) is 4.34. The van der Waals surface area contributed by atoms with E-state index >= 15 is 0 Å². The third-order valence-electron chi connectivity index (χ3n) is 2.69. The van der Waals surface area contributed by atoms with Crippen LogP contribution in [-0.2, 0) is 9.84 Å². The van der Waals surface area contributed by atoms with Gasteiger partial charge in [-0.3, -0.25) is 0 Å². The summed E-state index contributed by atoms with van der Waals surface area (Å²) in [6, 6.07) is 8.08. The van der Waals surface area contributed by atoms with Gasteiger partial charge in [0.2, 0.25) is 0 Å². The smallest absolute Gasteiger partial charge is 0.147 e. The zero-order valence-electron chi connectivity index (χ0n) is 9.06. The van der Waals surface area contributed by atoms with E-state index in [4.69, 9.17) is 0 Å². The van der Waals surface area contributed by atoms with E-state index in [-0.39, 0.29) is 0 Å². The molecule has 1 aromatic rings. The van der Waals surface area contributed by atoms with Crippen LogP contribution in [0.1, 0.15) is 0 Å². The number of nitrogens with zero attached hydrogens (tertiary/aromatic N) is 1. The summed E-state index contributed by atoms with van der Waals surface area (Å²) in [5.74, 6) is 0.596. The van der Waals surface area contributed by atoms with Crippen molar-refractivity contribution in [3.63, 3.8) is 0 Å². The third kappa shape index (κ3) is 2.98. The Bertz CT molecular complexity index is 463. The second-order valence-corrected chi connectivity index (χ2v) is 7.44. The lowest BCUT2D eigenvalue weighted by atomic mass is 10.0. The lowest BCUT2D eigenvalue weighted by Crippen LogP contribution is -2.49. The molecule has 5 heteroatoms. The van der Waals surface area contributed by atoms with Crippen molar-refractivity contribution in [3.05, 3.63) is 28.7 Å². The first-order valence-electron chi connectivity index (χ1n) is 5.12. The van der Waals surface area contributed by atoms with E-state index in [0.717, 1.165) is 23.2 Å². The van der Waals surface area contributed by atoms with Crippen LogP contribution >= 0.6 is 15.9 Å². The minimum absolute atomic E-state index is 0.290. The molecule has 16 heavy (non-hydrogen) atoms. The van der Waals surface area contributed by atoms with Crippen LogP contribution in [0.15, 0.2) is 28.7 Å². The van der Waals surface area contributed by atoms with Crippen molar-refractivity contribution in [2.75, 3.05) is 30.0 Å². The number of sulfone groups is 1. The molecule has 1 aromatic carbocycles. The molecule has 1 aliphatic rings. The topological polar surface area (TPSA) is 37.4 Å². The number of anilines is 1. The Morgan fingerprint density at radius 2 is 1.88 bits per heavy atom. The lowest BCUT2D eigenvalue weighted by molar-refractivity contribution is 0.444. The van der Waals surface area contributed by atoms with Crippen LogP contribution in [0.25, 0.3) is 0 Å². The highest BCUT2D eigenvalue weighted by Gasteiger charge is 2.29. The fraction of sp³-hybridized carbons (Fsp3) is 0.455. The van der Waals surface area contributed by atoms with Gasteiger partial charge >= 0.3 is 0 Å². The average molecular weight is 304 g/mol. The molecule has 0 amide bonds. The number of benzene rings is 1. The summed E-state index contributed by atoms with van der Waals surface area (Å²) in [4.78, 5) is 2.20. The minimum Gasteiger partial charge on any atom is -0.371 e. The Morgan fingerprint density at radius 3 is 2.38 bits per heavy atom. The predicted molar refractivity (Wildman–Crippen MR) is 69.6 cm³/mol. The van der Waals surface area contributed by atoms with Gasteiger partial charge in [0.15, 0.2) is 0 Å². The lowest BCUT2D eigenvalue weighted by Gasteiger charge is -2.40. The molecular weight excluding hydrogens is 290 g/mol. The van der Waals surface area contributed by atoms with E-state index in [2.05, 4.69) is 20.8 Å². The van der Waals surface area contributed by atoms with Crippen LogP contribution in [0.3, 0.4) is 0 Å². The van der Waals surface area contributed by atoms with Crippen LogP contribution in [0.5, 0.6) is 0 Å². The molecule has 1 aliphatic heterocycles. The standard InChI is InChI=1S/C11H14BrNO2S/c1-16(14,15)8-9-6-13(7-9)11-4-2-10(12)3-5-11/h2-5,9H,6-8H2,1H3. The van der Waals surface area contributed by atoms with E-state index < -0.39 is 9.84 Å². The summed E-state index contributed by atoms with van der Waals surface area (Å²) in [5.41, 5.74) is 1.16.